The molecule has 0 aliphatic carbocycles. The van der Waals surface area contributed by atoms with Gasteiger partial charge in [0.05, 0.1) is 17.8 Å². The highest BCUT2D eigenvalue weighted by Crippen LogP contribution is 2.43. The van der Waals surface area contributed by atoms with E-state index in [0.717, 1.165) is 45.4 Å². The Morgan fingerprint density at radius 3 is 2.44 bits per heavy atom. The van der Waals surface area contributed by atoms with Crippen molar-refractivity contribution in [1.82, 2.24) is 19.9 Å². The maximum absolute atomic E-state index is 11.5. The van der Waals surface area contributed by atoms with Gasteiger partial charge < -0.3 is 20.1 Å². The van der Waals surface area contributed by atoms with Crippen molar-refractivity contribution in [3.63, 3.8) is 0 Å². The number of aromatic nitrogens is 3. The largest absolute Gasteiger partial charge is 0.351 e. The van der Waals surface area contributed by atoms with Crippen molar-refractivity contribution in [1.29, 1.82) is 0 Å². The molecule has 1 aliphatic rings. The van der Waals surface area contributed by atoms with Crippen LogP contribution in [0, 0.1) is 20.8 Å². The summed E-state index contributed by atoms with van der Waals surface area (Å²) in [6.07, 6.45) is 3.65. The van der Waals surface area contributed by atoms with Crippen molar-refractivity contribution >= 4 is 34.6 Å². The van der Waals surface area contributed by atoms with Gasteiger partial charge >= 0.3 is 0 Å². The number of carbonyl (C=O) groups is 1. The Balaban J connectivity index is 1.63. The molecule has 36 heavy (non-hydrogen) atoms. The third kappa shape index (κ3) is 4.35. The number of nitrogens with one attached hydrogen (secondary N) is 2. The highest BCUT2D eigenvalue weighted by molar-refractivity contribution is 7.80. The maximum atomic E-state index is 11.5. The van der Waals surface area contributed by atoms with E-state index in [1.807, 2.05) is 60.9 Å². The molecule has 0 radical (unpaired) electrons. The Morgan fingerprint density at radius 1 is 1.00 bits per heavy atom. The van der Waals surface area contributed by atoms with Crippen molar-refractivity contribution < 1.29 is 4.79 Å². The number of amides is 1. The van der Waals surface area contributed by atoms with E-state index in [4.69, 9.17) is 12.2 Å². The van der Waals surface area contributed by atoms with E-state index in [1.54, 1.807) is 0 Å². The molecule has 0 bridgehead atoms. The fourth-order valence-corrected chi connectivity index (χ4v) is 5.29. The molecule has 4 heterocycles. The van der Waals surface area contributed by atoms with Crippen LogP contribution in [0.3, 0.4) is 0 Å². The first-order valence-electron chi connectivity index (χ1n) is 11.8. The summed E-state index contributed by atoms with van der Waals surface area (Å²) in [5.41, 5.74) is 7.09. The van der Waals surface area contributed by atoms with Gasteiger partial charge in [-0.05, 0) is 98.7 Å². The van der Waals surface area contributed by atoms with E-state index in [9.17, 15) is 4.79 Å². The van der Waals surface area contributed by atoms with Crippen LogP contribution in [0.25, 0.3) is 5.82 Å². The number of pyridine rings is 2. The topological polar surface area (TPSA) is 75.1 Å². The van der Waals surface area contributed by atoms with Crippen LogP contribution in [0.5, 0.6) is 0 Å². The van der Waals surface area contributed by atoms with E-state index in [-0.39, 0.29) is 18.0 Å². The molecule has 0 spiro atoms. The molecule has 1 amide bonds. The lowest BCUT2D eigenvalue weighted by atomic mass is 9.96. The molecule has 3 aromatic heterocycles. The second-order valence-corrected chi connectivity index (χ2v) is 9.46. The Kier molecular flexibility index (Phi) is 6.28. The van der Waals surface area contributed by atoms with Crippen LogP contribution in [-0.2, 0) is 4.79 Å². The predicted octanol–water partition coefficient (Wildman–Crippen LogP) is 5.33. The molecule has 1 saturated heterocycles. The average molecular weight is 497 g/mol. The SMILES string of the molecule is CC(=O)Nc1ccc(N2C(=S)NC(c3ccccn3)C2c2cc(C)n(-c3cc(C)ccn3)c2C)cc1. The van der Waals surface area contributed by atoms with Gasteiger partial charge in [-0.25, -0.2) is 4.98 Å². The summed E-state index contributed by atoms with van der Waals surface area (Å²) in [4.78, 5) is 22.9. The maximum Gasteiger partial charge on any atom is 0.221 e. The van der Waals surface area contributed by atoms with E-state index in [2.05, 4.69) is 63.0 Å². The van der Waals surface area contributed by atoms with Gasteiger partial charge in [0, 0.05) is 42.1 Å². The van der Waals surface area contributed by atoms with Crippen molar-refractivity contribution in [2.45, 2.75) is 39.8 Å². The fraction of sp³-hybridized carbons (Fsp3) is 0.214. The summed E-state index contributed by atoms with van der Waals surface area (Å²) in [5.74, 6) is 0.789. The number of benzene rings is 1. The van der Waals surface area contributed by atoms with Gasteiger partial charge in [0.2, 0.25) is 5.91 Å². The molecule has 8 heteroatoms. The van der Waals surface area contributed by atoms with E-state index >= 15 is 0 Å². The number of thiocarbonyl (C=S) groups is 1. The monoisotopic (exact) mass is 496 g/mol. The van der Waals surface area contributed by atoms with Gasteiger partial charge in [-0.15, -0.1) is 0 Å². The summed E-state index contributed by atoms with van der Waals surface area (Å²) >= 11 is 5.87. The molecular weight excluding hydrogens is 468 g/mol. The molecular formula is C28H28N6OS. The Hall–Kier alpha value is -4.04. The zero-order chi connectivity index (χ0) is 25.4. The van der Waals surface area contributed by atoms with Crippen LogP contribution in [0.15, 0.2) is 73.1 Å². The Labute approximate surface area is 216 Å². The van der Waals surface area contributed by atoms with Crippen LogP contribution in [0.1, 0.15) is 47.2 Å². The minimum atomic E-state index is -0.145. The highest BCUT2D eigenvalue weighted by atomic mass is 32.1. The first kappa shape index (κ1) is 23.7. The van der Waals surface area contributed by atoms with Crippen LogP contribution in [-0.4, -0.2) is 25.6 Å². The molecule has 1 aromatic carbocycles. The number of hydrogen-bond donors (Lipinski definition) is 2. The summed E-state index contributed by atoms with van der Waals surface area (Å²) < 4.78 is 2.19. The summed E-state index contributed by atoms with van der Waals surface area (Å²) in [6.45, 7) is 7.80. The van der Waals surface area contributed by atoms with Crippen LogP contribution in [0.2, 0.25) is 0 Å². The number of hydrogen-bond acceptors (Lipinski definition) is 4. The van der Waals surface area contributed by atoms with Crippen LogP contribution in [0.4, 0.5) is 11.4 Å². The van der Waals surface area contributed by atoms with Crippen molar-refractivity contribution in [3.05, 3.63) is 101 Å². The van der Waals surface area contributed by atoms with E-state index < -0.39 is 0 Å². The second-order valence-electron chi connectivity index (χ2n) is 9.08. The van der Waals surface area contributed by atoms with E-state index in [0.29, 0.717) is 5.11 Å². The summed E-state index contributed by atoms with van der Waals surface area (Å²) in [6, 6.07) is 19.7. The standard InChI is InChI=1S/C28H28N6OS/c1-17-12-14-30-25(15-17)33-18(2)16-23(19(33)3)27-26(24-7-5-6-13-29-24)32-28(36)34(27)22-10-8-21(9-11-22)31-20(4)35/h5-16,26-27H,1-4H3,(H,31,35)(H,32,36). The molecule has 2 N–H and O–H groups in total. The molecule has 2 unspecified atom stereocenters. The minimum Gasteiger partial charge on any atom is -0.351 e. The number of aryl methyl sites for hydroxylation is 2. The van der Waals surface area contributed by atoms with Gasteiger partial charge in [-0.1, -0.05) is 6.07 Å². The second kappa shape index (κ2) is 9.54. The number of anilines is 2. The molecule has 5 rings (SSSR count). The third-order valence-corrected chi connectivity index (χ3v) is 6.80. The van der Waals surface area contributed by atoms with Crippen molar-refractivity contribution in [3.8, 4) is 5.82 Å². The average Bonchev–Trinajstić information content (AvgIpc) is 3.35. The lowest BCUT2D eigenvalue weighted by molar-refractivity contribution is -0.114. The molecule has 4 aromatic rings. The Morgan fingerprint density at radius 2 is 1.78 bits per heavy atom. The van der Waals surface area contributed by atoms with Gasteiger partial charge in [0.25, 0.3) is 0 Å². The summed E-state index contributed by atoms with van der Waals surface area (Å²) in [7, 11) is 0. The molecule has 1 fully saturated rings. The normalized spacial score (nSPS) is 17.2. The van der Waals surface area contributed by atoms with Crippen molar-refractivity contribution in [2.24, 2.45) is 0 Å². The van der Waals surface area contributed by atoms with Crippen LogP contribution < -0.4 is 15.5 Å². The zero-order valence-electron chi connectivity index (χ0n) is 20.7. The quantitative estimate of drug-likeness (QED) is 0.364. The lowest BCUT2D eigenvalue weighted by Gasteiger charge is -2.28. The zero-order valence-corrected chi connectivity index (χ0v) is 21.5. The van der Waals surface area contributed by atoms with Gasteiger partial charge in [0.1, 0.15) is 5.82 Å². The van der Waals surface area contributed by atoms with Gasteiger partial charge in [-0.2, -0.15) is 0 Å². The van der Waals surface area contributed by atoms with E-state index in [1.165, 1.54) is 6.92 Å². The Bertz CT molecular complexity index is 1430. The minimum absolute atomic E-state index is 0.105. The molecule has 1 aliphatic heterocycles. The predicted molar refractivity (Wildman–Crippen MR) is 146 cm³/mol. The molecule has 0 saturated carbocycles. The number of rotatable bonds is 5. The first-order chi connectivity index (χ1) is 17.3. The fourth-order valence-electron chi connectivity index (χ4n) is 4.94. The van der Waals surface area contributed by atoms with Gasteiger partial charge in [-0.3, -0.25) is 9.78 Å². The van der Waals surface area contributed by atoms with Gasteiger partial charge in [0.15, 0.2) is 5.11 Å². The molecule has 182 valence electrons. The highest BCUT2D eigenvalue weighted by Gasteiger charge is 2.42. The van der Waals surface area contributed by atoms with Crippen molar-refractivity contribution in [2.75, 3.05) is 10.2 Å². The number of carbonyl (C=O) groups excluding carboxylic acids is 1. The van der Waals surface area contributed by atoms with Crippen LogP contribution >= 0.6 is 12.2 Å². The molecule has 7 nitrogen and oxygen atoms in total. The smallest absolute Gasteiger partial charge is 0.221 e. The summed E-state index contributed by atoms with van der Waals surface area (Å²) in [5, 5.41) is 6.97. The molecule has 2 atom stereocenters. The number of nitrogens with zero attached hydrogens (tertiary/aromatic N) is 4. The lowest BCUT2D eigenvalue weighted by Crippen LogP contribution is -2.29. The first-order valence-corrected chi connectivity index (χ1v) is 12.2. The third-order valence-electron chi connectivity index (χ3n) is 6.48.